The van der Waals surface area contributed by atoms with Gasteiger partial charge in [-0.05, 0) is 24.6 Å². The predicted octanol–water partition coefficient (Wildman–Crippen LogP) is 1.09. The van der Waals surface area contributed by atoms with Gasteiger partial charge in [0.25, 0.3) is 0 Å². The van der Waals surface area contributed by atoms with E-state index in [9.17, 15) is 0 Å². The minimum atomic E-state index is 0.227. The van der Waals surface area contributed by atoms with Crippen molar-refractivity contribution in [2.75, 3.05) is 50.8 Å². The second-order valence-electron chi connectivity index (χ2n) is 6.09. The molecule has 2 aliphatic heterocycles. The molecule has 110 valence electrons. The van der Waals surface area contributed by atoms with Crippen molar-refractivity contribution in [1.29, 1.82) is 0 Å². The van der Waals surface area contributed by atoms with Gasteiger partial charge in [-0.15, -0.1) is 0 Å². The minimum absolute atomic E-state index is 0.227. The number of rotatable bonds is 3. The molecule has 0 aliphatic carbocycles. The lowest BCUT2D eigenvalue weighted by Gasteiger charge is -2.37. The molecule has 2 saturated heterocycles. The first-order chi connectivity index (χ1) is 9.72. The van der Waals surface area contributed by atoms with E-state index in [1.807, 2.05) is 0 Å². The first-order valence-corrected chi connectivity index (χ1v) is 7.59. The standard InChI is InChI=1S/C16H25N3O/c1-13-3-2-4-15(9-13)19-7-5-18(6-8-19)10-14-11-20-12-16(14)17/h2-4,9,14,16H,5-8,10-12,17H2,1H3. The Morgan fingerprint density at radius 2 is 2.00 bits per heavy atom. The maximum absolute atomic E-state index is 6.07. The highest BCUT2D eigenvalue weighted by atomic mass is 16.5. The predicted molar refractivity (Wildman–Crippen MR) is 82.1 cm³/mol. The van der Waals surface area contributed by atoms with Gasteiger partial charge in [0, 0.05) is 50.4 Å². The number of hydrogen-bond acceptors (Lipinski definition) is 4. The van der Waals surface area contributed by atoms with Crippen molar-refractivity contribution >= 4 is 5.69 Å². The third-order valence-electron chi connectivity index (χ3n) is 4.48. The SMILES string of the molecule is Cc1cccc(N2CCN(CC3COCC3N)CC2)c1. The molecule has 0 aromatic heterocycles. The van der Waals surface area contributed by atoms with Crippen LogP contribution in [0.4, 0.5) is 5.69 Å². The largest absolute Gasteiger partial charge is 0.379 e. The molecule has 0 spiro atoms. The summed E-state index contributed by atoms with van der Waals surface area (Å²) in [5.41, 5.74) is 8.75. The Labute approximate surface area is 121 Å². The van der Waals surface area contributed by atoms with Crippen molar-refractivity contribution in [3.05, 3.63) is 29.8 Å². The van der Waals surface area contributed by atoms with Crippen LogP contribution in [0, 0.1) is 12.8 Å². The molecule has 2 aliphatic rings. The summed E-state index contributed by atoms with van der Waals surface area (Å²) in [6, 6.07) is 9.01. The summed E-state index contributed by atoms with van der Waals surface area (Å²) in [7, 11) is 0. The van der Waals surface area contributed by atoms with E-state index in [0.717, 1.165) is 45.9 Å². The lowest BCUT2D eigenvalue weighted by atomic mass is 10.0. The summed E-state index contributed by atoms with van der Waals surface area (Å²) in [6.45, 7) is 9.25. The highest BCUT2D eigenvalue weighted by Crippen LogP contribution is 2.19. The molecule has 0 amide bonds. The molecule has 2 unspecified atom stereocenters. The van der Waals surface area contributed by atoms with E-state index in [0.29, 0.717) is 5.92 Å². The molecule has 3 rings (SSSR count). The van der Waals surface area contributed by atoms with Crippen molar-refractivity contribution in [2.24, 2.45) is 11.7 Å². The van der Waals surface area contributed by atoms with Gasteiger partial charge >= 0.3 is 0 Å². The Morgan fingerprint density at radius 3 is 2.65 bits per heavy atom. The maximum Gasteiger partial charge on any atom is 0.0621 e. The Balaban J connectivity index is 1.52. The molecule has 4 nitrogen and oxygen atoms in total. The smallest absolute Gasteiger partial charge is 0.0621 e. The average Bonchev–Trinajstić information content (AvgIpc) is 2.85. The van der Waals surface area contributed by atoms with Crippen LogP contribution in [0.5, 0.6) is 0 Å². The van der Waals surface area contributed by atoms with Gasteiger partial charge in [0.05, 0.1) is 13.2 Å². The van der Waals surface area contributed by atoms with Gasteiger partial charge in [-0.2, -0.15) is 0 Å². The molecule has 0 radical (unpaired) electrons. The number of nitrogens with two attached hydrogens (primary N) is 1. The van der Waals surface area contributed by atoms with Crippen LogP contribution in [0.15, 0.2) is 24.3 Å². The summed E-state index contributed by atoms with van der Waals surface area (Å²) in [5, 5.41) is 0. The fourth-order valence-electron chi connectivity index (χ4n) is 3.15. The number of anilines is 1. The van der Waals surface area contributed by atoms with Crippen LogP contribution in [-0.4, -0.2) is 56.9 Å². The molecule has 20 heavy (non-hydrogen) atoms. The minimum Gasteiger partial charge on any atom is -0.379 e. The van der Waals surface area contributed by atoms with E-state index in [2.05, 4.69) is 41.0 Å². The van der Waals surface area contributed by atoms with Crippen LogP contribution in [0.3, 0.4) is 0 Å². The van der Waals surface area contributed by atoms with Gasteiger partial charge in [-0.3, -0.25) is 4.90 Å². The fraction of sp³-hybridized carbons (Fsp3) is 0.625. The second kappa shape index (κ2) is 6.12. The van der Waals surface area contributed by atoms with Crippen LogP contribution in [0.1, 0.15) is 5.56 Å². The summed E-state index contributed by atoms with van der Waals surface area (Å²) in [4.78, 5) is 5.01. The van der Waals surface area contributed by atoms with Crippen LogP contribution in [0.2, 0.25) is 0 Å². The van der Waals surface area contributed by atoms with Crippen molar-refractivity contribution in [2.45, 2.75) is 13.0 Å². The van der Waals surface area contributed by atoms with E-state index in [-0.39, 0.29) is 6.04 Å². The number of aryl methyl sites for hydroxylation is 1. The van der Waals surface area contributed by atoms with Crippen molar-refractivity contribution in [3.8, 4) is 0 Å². The maximum atomic E-state index is 6.07. The van der Waals surface area contributed by atoms with Crippen molar-refractivity contribution in [3.63, 3.8) is 0 Å². The van der Waals surface area contributed by atoms with E-state index < -0.39 is 0 Å². The van der Waals surface area contributed by atoms with E-state index in [1.165, 1.54) is 11.3 Å². The number of hydrogen-bond donors (Lipinski definition) is 1. The number of piperazine rings is 1. The molecule has 2 fully saturated rings. The van der Waals surface area contributed by atoms with Gasteiger partial charge in [-0.25, -0.2) is 0 Å². The first kappa shape index (κ1) is 13.9. The molecule has 0 saturated carbocycles. The molecule has 1 aromatic carbocycles. The van der Waals surface area contributed by atoms with Gasteiger partial charge in [0.15, 0.2) is 0 Å². The molecular weight excluding hydrogens is 250 g/mol. The summed E-state index contributed by atoms with van der Waals surface area (Å²) >= 11 is 0. The third-order valence-corrected chi connectivity index (χ3v) is 4.48. The first-order valence-electron chi connectivity index (χ1n) is 7.59. The monoisotopic (exact) mass is 275 g/mol. The molecule has 2 atom stereocenters. The summed E-state index contributed by atoms with van der Waals surface area (Å²) in [6.07, 6.45) is 0. The Bertz CT molecular complexity index is 443. The zero-order chi connectivity index (χ0) is 13.9. The van der Waals surface area contributed by atoms with E-state index >= 15 is 0 Å². The summed E-state index contributed by atoms with van der Waals surface area (Å²) < 4.78 is 5.45. The van der Waals surface area contributed by atoms with E-state index in [1.54, 1.807) is 0 Å². The highest BCUT2D eigenvalue weighted by Gasteiger charge is 2.28. The van der Waals surface area contributed by atoms with Crippen LogP contribution in [-0.2, 0) is 4.74 Å². The number of nitrogens with zero attached hydrogens (tertiary/aromatic N) is 2. The molecule has 2 N–H and O–H groups in total. The van der Waals surface area contributed by atoms with E-state index in [4.69, 9.17) is 10.5 Å². The third kappa shape index (κ3) is 3.14. The van der Waals surface area contributed by atoms with Crippen LogP contribution < -0.4 is 10.6 Å². The molecule has 0 bridgehead atoms. The quantitative estimate of drug-likeness (QED) is 0.897. The Hall–Kier alpha value is -1.10. The number of ether oxygens (including phenoxy) is 1. The Morgan fingerprint density at radius 1 is 1.20 bits per heavy atom. The van der Waals surface area contributed by atoms with Crippen LogP contribution in [0.25, 0.3) is 0 Å². The van der Waals surface area contributed by atoms with Gasteiger partial charge in [-0.1, -0.05) is 12.1 Å². The summed E-state index contributed by atoms with van der Waals surface area (Å²) in [5.74, 6) is 0.514. The fourth-order valence-corrected chi connectivity index (χ4v) is 3.15. The molecule has 1 aromatic rings. The second-order valence-corrected chi connectivity index (χ2v) is 6.09. The Kier molecular flexibility index (Phi) is 4.24. The number of benzene rings is 1. The lowest BCUT2D eigenvalue weighted by Crippen LogP contribution is -2.49. The molecule has 2 heterocycles. The van der Waals surface area contributed by atoms with Gasteiger partial charge < -0.3 is 15.4 Å². The molecule has 4 heteroatoms. The lowest BCUT2D eigenvalue weighted by molar-refractivity contribution is 0.164. The van der Waals surface area contributed by atoms with Gasteiger partial charge in [0.2, 0.25) is 0 Å². The molecular formula is C16H25N3O. The zero-order valence-corrected chi connectivity index (χ0v) is 12.3. The van der Waals surface area contributed by atoms with Crippen LogP contribution >= 0.6 is 0 Å². The highest BCUT2D eigenvalue weighted by molar-refractivity contribution is 5.48. The normalized spacial score (nSPS) is 28.0. The average molecular weight is 275 g/mol. The van der Waals surface area contributed by atoms with Crippen molar-refractivity contribution in [1.82, 2.24) is 4.90 Å². The topological polar surface area (TPSA) is 41.7 Å². The van der Waals surface area contributed by atoms with Gasteiger partial charge in [0.1, 0.15) is 0 Å². The van der Waals surface area contributed by atoms with Crippen molar-refractivity contribution < 1.29 is 4.74 Å². The zero-order valence-electron chi connectivity index (χ0n) is 12.3.